The van der Waals surface area contributed by atoms with Crippen LogP contribution in [-0.2, 0) is 10.0 Å². The number of aryl methyl sites for hydroxylation is 1. The first kappa shape index (κ1) is 22.7. The lowest BCUT2D eigenvalue weighted by molar-refractivity contribution is -0.497. The molecule has 0 spiro atoms. The Labute approximate surface area is 189 Å². The molecule has 1 aliphatic heterocycles. The minimum absolute atomic E-state index is 0.0503. The van der Waals surface area contributed by atoms with Gasteiger partial charge in [0.1, 0.15) is 12.4 Å². The molecule has 9 heteroatoms. The molecule has 3 heterocycles. The van der Waals surface area contributed by atoms with Gasteiger partial charge in [-0.1, -0.05) is 29.8 Å². The Bertz CT molecular complexity index is 1160. The van der Waals surface area contributed by atoms with E-state index in [0.717, 1.165) is 29.7 Å². The second-order valence-electron chi connectivity index (χ2n) is 8.56. The Kier molecular flexibility index (Phi) is 6.78. The van der Waals surface area contributed by atoms with Gasteiger partial charge >= 0.3 is 5.65 Å². The summed E-state index contributed by atoms with van der Waals surface area (Å²) in [6.07, 6.45) is 8.10. The van der Waals surface area contributed by atoms with Crippen molar-refractivity contribution in [2.24, 2.45) is 5.92 Å². The number of aliphatic hydroxyl groups is 1. The van der Waals surface area contributed by atoms with E-state index in [-0.39, 0.29) is 24.3 Å². The van der Waals surface area contributed by atoms with Crippen LogP contribution in [0.5, 0.6) is 0 Å². The smallest absolute Gasteiger partial charge is 0.328 e. The monoisotopic (exact) mass is 458 g/mol. The number of aliphatic hydroxyl groups excluding tert-OH is 1. The molecule has 0 amide bonds. The summed E-state index contributed by atoms with van der Waals surface area (Å²) in [7, 11) is -3.18. The largest absolute Gasteiger partial charge is 0.394 e. The standard InChI is InChI=1S/C23H31N5O3S/c1-3-32(30,31)27-11-4-5-18(15-27)13-20(16-29)26-22-23-25-14-21(28(23)12-10-24-22)19-8-6-17(2)7-9-19/h6-10,12,14,18,20,29H,3-5,11,13,15-16H2,1-2H3,(H,24,26)/p+1/t18-,20-/m0/s1. The van der Waals surface area contributed by atoms with Gasteiger partial charge in [0.05, 0.1) is 24.6 Å². The Morgan fingerprint density at radius 2 is 2.12 bits per heavy atom. The number of nitrogens with zero attached hydrogens (tertiary/aromatic N) is 3. The molecular formula is C23H32N5O3S+. The van der Waals surface area contributed by atoms with Gasteiger partial charge in [-0.15, -0.1) is 0 Å². The third-order valence-electron chi connectivity index (χ3n) is 6.26. The average Bonchev–Trinajstić information content (AvgIpc) is 3.24. The number of H-pyrrole nitrogens is 1. The second-order valence-corrected chi connectivity index (χ2v) is 10.8. The van der Waals surface area contributed by atoms with Crippen molar-refractivity contribution in [2.45, 2.75) is 39.2 Å². The number of imidazole rings is 1. The molecule has 4 rings (SSSR count). The molecule has 1 fully saturated rings. The number of hydrogen-bond donors (Lipinski definition) is 3. The number of hydrogen-bond acceptors (Lipinski definition) is 5. The number of fused-ring (bicyclic) bond motifs is 1. The zero-order chi connectivity index (χ0) is 22.7. The van der Waals surface area contributed by atoms with E-state index in [1.54, 1.807) is 17.4 Å². The van der Waals surface area contributed by atoms with Gasteiger partial charge in [0.25, 0.3) is 0 Å². The molecule has 0 unspecified atom stereocenters. The Hall–Kier alpha value is -2.49. The normalized spacial score (nSPS) is 18.7. The zero-order valence-electron chi connectivity index (χ0n) is 18.7. The quantitative estimate of drug-likeness (QED) is 0.450. The van der Waals surface area contributed by atoms with Crippen LogP contribution in [0.4, 0.5) is 5.82 Å². The van der Waals surface area contributed by atoms with Crippen LogP contribution in [-0.4, -0.2) is 59.3 Å². The second kappa shape index (κ2) is 9.56. The van der Waals surface area contributed by atoms with Crippen molar-refractivity contribution in [3.8, 4) is 11.3 Å². The summed E-state index contributed by atoms with van der Waals surface area (Å²) < 4.78 is 28.2. The summed E-state index contributed by atoms with van der Waals surface area (Å²) in [5, 5.41) is 13.4. The highest BCUT2D eigenvalue weighted by atomic mass is 32.2. The summed E-state index contributed by atoms with van der Waals surface area (Å²) in [6, 6.07) is 8.14. The van der Waals surface area contributed by atoms with E-state index in [2.05, 4.69) is 46.5 Å². The Morgan fingerprint density at radius 3 is 2.84 bits per heavy atom. The first-order valence-electron chi connectivity index (χ1n) is 11.2. The van der Waals surface area contributed by atoms with Gasteiger partial charge in [-0.05, 0) is 39.0 Å². The summed E-state index contributed by atoms with van der Waals surface area (Å²) in [5.74, 6) is 0.993. The average molecular weight is 459 g/mol. The fraction of sp³-hybridized carbons (Fsp3) is 0.478. The maximum absolute atomic E-state index is 12.3. The number of piperidine rings is 1. The molecule has 0 aliphatic carbocycles. The maximum atomic E-state index is 12.3. The van der Waals surface area contributed by atoms with Gasteiger partial charge in [-0.2, -0.15) is 4.40 Å². The fourth-order valence-corrected chi connectivity index (χ4v) is 5.66. The molecular weight excluding hydrogens is 426 g/mol. The predicted octanol–water partition coefficient (Wildman–Crippen LogP) is 2.35. The van der Waals surface area contributed by atoms with E-state index in [9.17, 15) is 13.5 Å². The molecule has 3 N–H and O–H groups in total. The topological polar surface area (TPSA) is 102 Å². The van der Waals surface area contributed by atoms with E-state index in [4.69, 9.17) is 0 Å². The van der Waals surface area contributed by atoms with E-state index >= 15 is 0 Å². The maximum Gasteiger partial charge on any atom is 0.328 e. The van der Waals surface area contributed by atoms with Gasteiger partial charge in [-0.25, -0.2) is 22.7 Å². The molecule has 172 valence electrons. The van der Waals surface area contributed by atoms with Gasteiger partial charge in [0, 0.05) is 18.7 Å². The fourth-order valence-electron chi connectivity index (χ4n) is 4.45. The number of aromatic amines is 1. The molecule has 2 aromatic heterocycles. The first-order chi connectivity index (χ1) is 15.4. The van der Waals surface area contributed by atoms with Crippen LogP contribution in [0.3, 0.4) is 0 Å². The SMILES string of the molecule is CCS(=O)(=O)N1CCC[C@@H](C[C@@H](CO)Nc2ncc[n+]3c(-c4ccc(C)cc4)c[nH]c23)C1. The minimum atomic E-state index is -3.18. The van der Waals surface area contributed by atoms with Crippen molar-refractivity contribution in [3.63, 3.8) is 0 Å². The number of rotatable bonds is 8. The molecule has 0 saturated carbocycles. The van der Waals surface area contributed by atoms with Crippen molar-refractivity contribution >= 4 is 21.5 Å². The predicted molar refractivity (Wildman–Crippen MR) is 125 cm³/mol. The minimum Gasteiger partial charge on any atom is -0.394 e. The molecule has 1 saturated heterocycles. The molecule has 3 aromatic rings. The Balaban J connectivity index is 1.51. The molecule has 8 nitrogen and oxygen atoms in total. The molecule has 1 aromatic carbocycles. The summed E-state index contributed by atoms with van der Waals surface area (Å²) >= 11 is 0. The summed E-state index contributed by atoms with van der Waals surface area (Å²) in [4.78, 5) is 7.80. The first-order valence-corrected chi connectivity index (χ1v) is 12.8. The van der Waals surface area contributed by atoms with Gasteiger partial charge in [0.2, 0.25) is 15.8 Å². The van der Waals surface area contributed by atoms with Gasteiger partial charge in [-0.3, -0.25) is 0 Å². The molecule has 0 bridgehead atoms. The van der Waals surface area contributed by atoms with Gasteiger partial charge < -0.3 is 10.4 Å². The van der Waals surface area contributed by atoms with E-state index in [0.29, 0.717) is 25.3 Å². The van der Waals surface area contributed by atoms with Crippen LogP contribution < -0.4 is 9.72 Å². The van der Waals surface area contributed by atoms with Crippen molar-refractivity contribution < 1.29 is 17.9 Å². The molecule has 1 aliphatic rings. The number of benzene rings is 1. The highest BCUT2D eigenvalue weighted by Gasteiger charge is 2.29. The van der Waals surface area contributed by atoms with Crippen LogP contribution in [0.1, 0.15) is 31.7 Å². The van der Waals surface area contributed by atoms with E-state index < -0.39 is 10.0 Å². The van der Waals surface area contributed by atoms with Crippen molar-refractivity contribution in [3.05, 3.63) is 48.4 Å². The number of aromatic nitrogens is 3. The highest BCUT2D eigenvalue weighted by Crippen LogP contribution is 2.25. The third kappa shape index (κ3) is 4.79. The van der Waals surface area contributed by atoms with Crippen molar-refractivity contribution in [1.82, 2.24) is 14.3 Å². The van der Waals surface area contributed by atoms with Crippen LogP contribution in [0.15, 0.2) is 42.9 Å². The van der Waals surface area contributed by atoms with Crippen LogP contribution in [0.25, 0.3) is 16.9 Å². The third-order valence-corrected chi connectivity index (χ3v) is 8.10. The number of nitrogens with one attached hydrogen (secondary N) is 2. The molecule has 2 atom stereocenters. The lowest BCUT2D eigenvalue weighted by Gasteiger charge is -2.33. The highest BCUT2D eigenvalue weighted by molar-refractivity contribution is 7.89. The van der Waals surface area contributed by atoms with Crippen molar-refractivity contribution in [1.29, 1.82) is 0 Å². The summed E-state index contributed by atoms with van der Waals surface area (Å²) in [6.45, 7) is 4.80. The summed E-state index contributed by atoms with van der Waals surface area (Å²) in [5.41, 5.74) is 4.16. The van der Waals surface area contributed by atoms with Crippen LogP contribution in [0, 0.1) is 12.8 Å². The van der Waals surface area contributed by atoms with Crippen LogP contribution >= 0.6 is 0 Å². The lowest BCUT2D eigenvalue weighted by Crippen LogP contribution is -2.42. The van der Waals surface area contributed by atoms with Crippen LogP contribution in [0.2, 0.25) is 0 Å². The van der Waals surface area contributed by atoms with Crippen molar-refractivity contribution in [2.75, 3.05) is 30.8 Å². The molecule has 0 radical (unpaired) electrons. The van der Waals surface area contributed by atoms with E-state index in [1.165, 1.54) is 5.56 Å². The molecule has 32 heavy (non-hydrogen) atoms. The van der Waals surface area contributed by atoms with E-state index in [1.807, 2.05) is 16.8 Å². The lowest BCUT2D eigenvalue weighted by atomic mass is 9.92. The Morgan fingerprint density at radius 1 is 1.34 bits per heavy atom. The number of anilines is 1. The van der Waals surface area contributed by atoms with Gasteiger partial charge in [0.15, 0.2) is 5.69 Å². The zero-order valence-corrected chi connectivity index (χ0v) is 19.5. The number of sulfonamides is 1.